The monoisotopic (exact) mass is 439 g/mol. The molecule has 2 aromatic rings. The lowest BCUT2D eigenvalue weighted by molar-refractivity contribution is -0.142. The Morgan fingerprint density at radius 3 is 1.97 bits per heavy atom. The van der Waals surface area contributed by atoms with E-state index < -0.39 is 22.9 Å². The van der Waals surface area contributed by atoms with Crippen molar-refractivity contribution in [3.8, 4) is 5.75 Å². The van der Waals surface area contributed by atoms with Gasteiger partial charge in [0.2, 0.25) is 0 Å². The van der Waals surface area contributed by atoms with E-state index in [-0.39, 0.29) is 11.5 Å². The summed E-state index contributed by atoms with van der Waals surface area (Å²) in [5.74, 6) is -1.09. The summed E-state index contributed by atoms with van der Waals surface area (Å²) in [4.78, 5) is 37.2. The second-order valence-corrected chi connectivity index (χ2v) is 9.08. The number of nitrogens with one attached hydrogen (secondary N) is 1. The summed E-state index contributed by atoms with van der Waals surface area (Å²) in [7, 11) is 0. The molecule has 0 radical (unpaired) electrons. The Labute approximate surface area is 187 Å². The Morgan fingerprint density at radius 1 is 0.875 bits per heavy atom. The van der Waals surface area contributed by atoms with E-state index >= 15 is 0 Å². The van der Waals surface area contributed by atoms with E-state index in [2.05, 4.69) is 0 Å². The zero-order chi connectivity index (χ0) is 23.4. The third-order valence-corrected chi connectivity index (χ3v) is 5.60. The lowest BCUT2D eigenvalue weighted by Crippen LogP contribution is -2.41. The minimum atomic E-state index is -0.800. The number of amides is 1. The highest BCUT2D eigenvalue weighted by Crippen LogP contribution is 2.41. The second-order valence-electron chi connectivity index (χ2n) is 9.08. The number of esters is 2. The molecule has 0 unspecified atom stereocenters. The number of hydrogen-bond donors (Lipinski definition) is 2. The fourth-order valence-corrected chi connectivity index (χ4v) is 3.97. The highest BCUT2D eigenvalue weighted by Gasteiger charge is 2.43. The van der Waals surface area contributed by atoms with Crippen LogP contribution in [0.15, 0.2) is 48.5 Å². The molecule has 0 heterocycles. The minimum absolute atomic E-state index is 0.248. The van der Waals surface area contributed by atoms with Gasteiger partial charge in [-0.1, -0.05) is 31.4 Å². The fourth-order valence-electron chi connectivity index (χ4n) is 3.97. The molecule has 0 aromatic heterocycles. The van der Waals surface area contributed by atoms with Crippen LogP contribution in [0.25, 0.3) is 0 Å². The van der Waals surface area contributed by atoms with Crippen LogP contribution >= 0.6 is 0 Å². The van der Waals surface area contributed by atoms with Crippen LogP contribution in [0.4, 0.5) is 0 Å². The number of ether oxygens (including phenoxy) is 2. The van der Waals surface area contributed by atoms with Crippen LogP contribution in [-0.2, 0) is 14.9 Å². The Kier molecular flexibility index (Phi) is 6.99. The molecule has 0 aliphatic heterocycles. The van der Waals surface area contributed by atoms with Crippen LogP contribution in [0.3, 0.4) is 0 Å². The van der Waals surface area contributed by atoms with Crippen molar-refractivity contribution in [1.29, 1.82) is 0 Å². The van der Waals surface area contributed by atoms with Gasteiger partial charge in [0.15, 0.2) is 0 Å². The van der Waals surface area contributed by atoms with E-state index in [1.807, 2.05) is 20.8 Å². The van der Waals surface area contributed by atoms with Crippen molar-refractivity contribution in [1.82, 2.24) is 5.48 Å². The van der Waals surface area contributed by atoms with Gasteiger partial charge in [-0.05, 0) is 75.6 Å². The molecule has 3 rings (SSSR count). The number of rotatable bonds is 5. The van der Waals surface area contributed by atoms with E-state index in [0.717, 1.165) is 24.8 Å². The van der Waals surface area contributed by atoms with Crippen molar-refractivity contribution in [3.05, 3.63) is 65.2 Å². The van der Waals surface area contributed by atoms with Gasteiger partial charge in [-0.3, -0.25) is 14.8 Å². The maximum absolute atomic E-state index is 13.3. The number of hydroxylamine groups is 1. The summed E-state index contributed by atoms with van der Waals surface area (Å²) in [5.41, 5.74) is 1.67. The number of hydrogen-bond acceptors (Lipinski definition) is 6. The van der Waals surface area contributed by atoms with Crippen LogP contribution < -0.4 is 10.2 Å². The predicted molar refractivity (Wildman–Crippen MR) is 118 cm³/mol. The number of benzene rings is 2. The lowest BCUT2D eigenvalue weighted by Gasteiger charge is -2.35. The van der Waals surface area contributed by atoms with Crippen molar-refractivity contribution < 1.29 is 29.1 Å². The quantitative estimate of drug-likeness (QED) is 0.306. The summed E-state index contributed by atoms with van der Waals surface area (Å²) in [5, 5.41) is 8.73. The van der Waals surface area contributed by atoms with Gasteiger partial charge in [-0.15, -0.1) is 0 Å². The summed E-state index contributed by atoms with van der Waals surface area (Å²) >= 11 is 0. The molecule has 1 aliphatic carbocycles. The van der Waals surface area contributed by atoms with E-state index in [9.17, 15) is 14.4 Å². The average Bonchev–Trinajstić information content (AvgIpc) is 2.78. The topological polar surface area (TPSA) is 102 Å². The SMILES string of the molecule is CC(C)(C)OC(=O)c1ccc(C2(C(=O)Oc3ccc(C(=O)NO)cc3)CCCCC2)cc1. The van der Waals surface area contributed by atoms with Gasteiger partial charge >= 0.3 is 11.9 Å². The smallest absolute Gasteiger partial charge is 0.338 e. The van der Waals surface area contributed by atoms with Gasteiger partial charge in [-0.2, -0.15) is 0 Å². The molecule has 0 spiro atoms. The van der Waals surface area contributed by atoms with Crippen LogP contribution in [-0.4, -0.2) is 28.7 Å². The second kappa shape index (κ2) is 9.53. The van der Waals surface area contributed by atoms with Crippen LogP contribution in [0.2, 0.25) is 0 Å². The molecule has 1 saturated carbocycles. The molecule has 0 saturated heterocycles. The standard InChI is InChI=1S/C25H29NO6/c1-24(2,3)32-22(28)18-7-11-19(12-8-18)25(15-5-4-6-16-25)23(29)31-20-13-9-17(10-14-20)21(27)26-30/h7-14,30H,4-6,15-16H2,1-3H3,(H,26,27). The molecular formula is C25H29NO6. The molecule has 170 valence electrons. The molecule has 2 aromatic carbocycles. The molecule has 2 N–H and O–H groups in total. The maximum Gasteiger partial charge on any atom is 0.338 e. The van der Waals surface area contributed by atoms with Gasteiger partial charge in [0.1, 0.15) is 11.4 Å². The van der Waals surface area contributed by atoms with Gasteiger partial charge in [0.05, 0.1) is 11.0 Å². The highest BCUT2D eigenvalue weighted by atomic mass is 16.6. The maximum atomic E-state index is 13.3. The first-order chi connectivity index (χ1) is 15.1. The molecule has 1 aliphatic rings. The van der Waals surface area contributed by atoms with E-state index in [1.54, 1.807) is 29.7 Å². The average molecular weight is 440 g/mol. The Balaban J connectivity index is 1.82. The van der Waals surface area contributed by atoms with Gasteiger partial charge in [-0.25, -0.2) is 10.3 Å². The highest BCUT2D eigenvalue weighted by molar-refractivity contribution is 5.93. The van der Waals surface area contributed by atoms with Gasteiger partial charge < -0.3 is 9.47 Å². The Bertz CT molecular complexity index is 967. The number of carbonyl (C=O) groups is 3. The zero-order valence-corrected chi connectivity index (χ0v) is 18.6. The molecule has 7 heteroatoms. The number of carbonyl (C=O) groups excluding carboxylic acids is 3. The summed E-state index contributed by atoms with van der Waals surface area (Å²) in [6.07, 6.45) is 4.16. The Hall–Kier alpha value is -3.19. The lowest BCUT2D eigenvalue weighted by atomic mass is 9.69. The van der Waals surface area contributed by atoms with Crippen molar-refractivity contribution in [2.75, 3.05) is 0 Å². The molecule has 0 atom stereocenters. The molecule has 1 fully saturated rings. The molecule has 0 bridgehead atoms. The predicted octanol–water partition coefficient (Wildman–Crippen LogP) is 4.57. The van der Waals surface area contributed by atoms with Gasteiger partial charge in [0, 0.05) is 5.56 Å². The third kappa shape index (κ3) is 5.34. The first kappa shape index (κ1) is 23.5. The third-order valence-electron chi connectivity index (χ3n) is 5.60. The van der Waals surface area contributed by atoms with Gasteiger partial charge in [0.25, 0.3) is 5.91 Å². The molecule has 7 nitrogen and oxygen atoms in total. The first-order valence-corrected chi connectivity index (χ1v) is 10.8. The van der Waals surface area contributed by atoms with E-state index in [0.29, 0.717) is 24.2 Å². The van der Waals surface area contributed by atoms with Crippen LogP contribution in [0.5, 0.6) is 5.75 Å². The fraction of sp³-hybridized carbons (Fsp3) is 0.400. The van der Waals surface area contributed by atoms with Crippen molar-refractivity contribution in [2.24, 2.45) is 0 Å². The van der Waals surface area contributed by atoms with Crippen LogP contribution in [0.1, 0.15) is 79.2 Å². The largest absolute Gasteiger partial charge is 0.456 e. The van der Waals surface area contributed by atoms with E-state index in [4.69, 9.17) is 14.7 Å². The van der Waals surface area contributed by atoms with Crippen molar-refractivity contribution in [3.63, 3.8) is 0 Å². The normalized spacial score (nSPS) is 15.5. The van der Waals surface area contributed by atoms with Crippen molar-refractivity contribution >= 4 is 17.8 Å². The Morgan fingerprint density at radius 2 is 1.44 bits per heavy atom. The molecule has 1 amide bonds. The van der Waals surface area contributed by atoms with Crippen LogP contribution in [0, 0.1) is 0 Å². The molecular weight excluding hydrogens is 410 g/mol. The summed E-state index contributed by atoms with van der Waals surface area (Å²) < 4.78 is 11.1. The van der Waals surface area contributed by atoms with Crippen molar-refractivity contribution in [2.45, 2.75) is 63.9 Å². The van der Waals surface area contributed by atoms with E-state index in [1.165, 1.54) is 24.3 Å². The summed E-state index contributed by atoms with van der Waals surface area (Å²) in [6.45, 7) is 5.44. The zero-order valence-electron chi connectivity index (χ0n) is 18.6. The first-order valence-electron chi connectivity index (χ1n) is 10.8. The summed E-state index contributed by atoms with van der Waals surface area (Å²) in [6, 6.07) is 13.0. The molecule has 32 heavy (non-hydrogen) atoms. The minimum Gasteiger partial charge on any atom is -0.456 e.